The summed E-state index contributed by atoms with van der Waals surface area (Å²) in [5, 5.41) is 9.63. The quantitative estimate of drug-likeness (QED) is 0.702. The molecular formula is C23H35NO2. The van der Waals surface area contributed by atoms with Crippen LogP contribution in [-0.2, 0) is 9.53 Å². The smallest absolute Gasteiger partial charge is 0.137 e. The van der Waals surface area contributed by atoms with E-state index in [1.807, 2.05) is 0 Å². The van der Waals surface area contributed by atoms with Gasteiger partial charge in [0.1, 0.15) is 5.78 Å². The summed E-state index contributed by atoms with van der Waals surface area (Å²) in [6.45, 7) is 7.67. The van der Waals surface area contributed by atoms with Gasteiger partial charge in [0.05, 0.1) is 18.1 Å². The zero-order valence-corrected chi connectivity index (χ0v) is 16.8. The van der Waals surface area contributed by atoms with E-state index in [0.717, 1.165) is 32.3 Å². The zero-order valence-electron chi connectivity index (χ0n) is 16.8. The summed E-state index contributed by atoms with van der Waals surface area (Å²) in [6.07, 6.45) is 10.1. The van der Waals surface area contributed by atoms with Crippen LogP contribution in [-0.4, -0.2) is 18.5 Å². The van der Waals surface area contributed by atoms with E-state index >= 15 is 0 Å². The lowest BCUT2D eigenvalue weighted by Gasteiger charge is -2.59. The second kappa shape index (κ2) is 6.62. The zero-order chi connectivity index (χ0) is 18.5. The van der Waals surface area contributed by atoms with Crippen molar-refractivity contribution in [2.45, 2.75) is 84.7 Å². The van der Waals surface area contributed by atoms with Crippen LogP contribution in [0.3, 0.4) is 0 Å². The van der Waals surface area contributed by atoms with Gasteiger partial charge in [0.25, 0.3) is 0 Å². The highest BCUT2D eigenvalue weighted by Crippen LogP contribution is 2.66. The summed E-state index contributed by atoms with van der Waals surface area (Å²) in [5.41, 5.74) is 0.0473. The number of Topliss-reactive ketones (excluding diaryl/α,β-unsaturated/α-hetero) is 1. The van der Waals surface area contributed by atoms with Crippen molar-refractivity contribution in [1.82, 2.24) is 0 Å². The summed E-state index contributed by atoms with van der Waals surface area (Å²) in [6, 6.07) is 2.54. The van der Waals surface area contributed by atoms with Crippen LogP contribution in [0.5, 0.6) is 0 Å². The van der Waals surface area contributed by atoms with Gasteiger partial charge in [-0.05, 0) is 80.0 Å². The van der Waals surface area contributed by atoms with Crippen LogP contribution in [0, 0.1) is 51.8 Å². The number of carbonyl (C=O) groups is 1. The van der Waals surface area contributed by atoms with E-state index < -0.39 is 0 Å². The summed E-state index contributed by atoms with van der Waals surface area (Å²) in [5.74, 6) is 2.53. The molecule has 26 heavy (non-hydrogen) atoms. The lowest BCUT2D eigenvalue weighted by Crippen LogP contribution is -2.58. The Kier molecular flexibility index (Phi) is 4.71. The predicted molar refractivity (Wildman–Crippen MR) is 101 cm³/mol. The number of nitriles is 1. The van der Waals surface area contributed by atoms with E-state index in [0.29, 0.717) is 36.1 Å². The Morgan fingerprint density at radius 3 is 2.62 bits per heavy atom. The summed E-state index contributed by atoms with van der Waals surface area (Å²) in [7, 11) is 0. The van der Waals surface area contributed by atoms with Gasteiger partial charge in [-0.15, -0.1) is 0 Å². The summed E-state index contributed by atoms with van der Waals surface area (Å²) >= 11 is 0. The molecule has 4 aliphatic rings. The van der Waals surface area contributed by atoms with Crippen molar-refractivity contribution in [3.63, 3.8) is 0 Å². The van der Waals surface area contributed by atoms with E-state index in [4.69, 9.17) is 4.74 Å². The van der Waals surface area contributed by atoms with E-state index in [1.165, 1.54) is 25.7 Å². The highest BCUT2D eigenvalue weighted by atomic mass is 16.5. The highest BCUT2D eigenvalue weighted by molar-refractivity contribution is 5.84. The van der Waals surface area contributed by atoms with Crippen LogP contribution < -0.4 is 0 Å². The Balaban J connectivity index is 1.62. The SMILES string of the molecule is CCCOC1CCC2CCC3C4CCC(C#N)C4(C)CC(=O)C3C2(C)C1. The van der Waals surface area contributed by atoms with Crippen molar-refractivity contribution in [3.8, 4) is 6.07 Å². The number of ketones is 1. The highest BCUT2D eigenvalue weighted by Gasteiger charge is 2.63. The number of hydrogen-bond donors (Lipinski definition) is 0. The van der Waals surface area contributed by atoms with Crippen LogP contribution in [0.2, 0.25) is 0 Å². The fraction of sp³-hybridized carbons (Fsp3) is 0.913. The van der Waals surface area contributed by atoms with Gasteiger partial charge in [-0.3, -0.25) is 4.79 Å². The molecule has 0 aromatic rings. The third-order valence-corrected chi connectivity index (χ3v) is 8.97. The van der Waals surface area contributed by atoms with Crippen LogP contribution in [0.25, 0.3) is 0 Å². The van der Waals surface area contributed by atoms with E-state index in [1.54, 1.807) is 0 Å². The van der Waals surface area contributed by atoms with Crippen LogP contribution in [0.4, 0.5) is 0 Å². The number of nitrogens with zero attached hydrogens (tertiary/aromatic N) is 1. The number of hydrogen-bond acceptors (Lipinski definition) is 3. The standard InChI is InChI=1S/C23H35NO2/c1-4-11-26-17-8-5-15-6-9-18-19-10-7-16(14-24)22(19,2)13-20(25)21(18)23(15,3)12-17/h15-19,21H,4-13H2,1-3H3. The third-order valence-electron chi connectivity index (χ3n) is 8.97. The predicted octanol–water partition coefficient (Wildman–Crippen LogP) is 5.14. The lowest BCUT2D eigenvalue weighted by atomic mass is 9.44. The average molecular weight is 358 g/mol. The minimum Gasteiger partial charge on any atom is -0.378 e. The maximum atomic E-state index is 13.5. The molecule has 0 heterocycles. The molecule has 4 fully saturated rings. The maximum Gasteiger partial charge on any atom is 0.137 e. The second-order valence-electron chi connectivity index (χ2n) is 10.2. The van der Waals surface area contributed by atoms with E-state index in [2.05, 4.69) is 26.8 Å². The normalized spacial score (nSPS) is 50.5. The van der Waals surface area contributed by atoms with Crippen molar-refractivity contribution in [2.24, 2.45) is 40.4 Å². The topological polar surface area (TPSA) is 50.1 Å². The maximum absolute atomic E-state index is 13.5. The fourth-order valence-electron chi connectivity index (χ4n) is 7.77. The molecule has 3 heteroatoms. The van der Waals surface area contributed by atoms with E-state index in [9.17, 15) is 10.1 Å². The molecule has 4 saturated carbocycles. The number of ether oxygens (including phenoxy) is 1. The molecule has 4 aliphatic carbocycles. The van der Waals surface area contributed by atoms with Gasteiger partial charge < -0.3 is 4.74 Å². The van der Waals surface area contributed by atoms with Crippen LogP contribution in [0.1, 0.15) is 78.6 Å². The van der Waals surface area contributed by atoms with Crippen molar-refractivity contribution in [1.29, 1.82) is 5.26 Å². The molecule has 0 aromatic heterocycles. The van der Waals surface area contributed by atoms with Crippen molar-refractivity contribution < 1.29 is 9.53 Å². The molecule has 0 bridgehead atoms. The first-order valence-corrected chi connectivity index (χ1v) is 11.0. The van der Waals surface area contributed by atoms with E-state index in [-0.39, 0.29) is 22.7 Å². The Bertz CT molecular complexity index is 610. The first-order chi connectivity index (χ1) is 12.4. The van der Waals surface area contributed by atoms with Gasteiger partial charge in [0.2, 0.25) is 0 Å². The fourth-order valence-corrected chi connectivity index (χ4v) is 7.77. The van der Waals surface area contributed by atoms with Gasteiger partial charge in [0, 0.05) is 18.9 Å². The molecule has 0 aliphatic heterocycles. The van der Waals surface area contributed by atoms with Crippen molar-refractivity contribution >= 4 is 5.78 Å². The molecule has 0 amide bonds. The summed E-state index contributed by atoms with van der Waals surface area (Å²) in [4.78, 5) is 13.5. The molecule has 8 atom stereocenters. The lowest BCUT2D eigenvalue weighted by molar-refractivity contribution is -0.164. The Morgan fingerprint density at radius 2 is 1.88 bits per heavy atom. The van der Waals surface area contributed by atoms with Crippen LogP contribution in [0.15, 0.2) is 0 Å². The second-order valence-corrected chi connectivity index (χ2v) is 10.2. The molecule has 3 nitrogen and oxygen atoms in total. The van der Waals surface area contributed by atoms with Gasteiger partial charge in [-0.25, -0.2) is 0 Å². The van der Waals surface area contributed by atoms with Crippen LogP contribution >= 0.6 is 0 Å². The molecule has 8 unspecified atom stereocenters. The van der Waals surface area contributed by atoms with Gasteiger partial charge in [-0.1, -0.05) is 20.8 Å². The number of rotatable bonds is 3. The van der Waals surface area contributed by atoms with Crippen molar-refractivity contribution in [3.05, 3.63) is 0 Å². The van der Waals surface area contributed by atoms with Gasteiger partial charge >= 0.3 is 0 Å². The molecule has 0 N–H and O–H groups in total. The Morgan fingerprint density at radius 1 is 1.12 bits per heavy atom. The summed E-state index contributed by atoms with van der Waals surface area (Å²) < 4.78 is 6.15. The number of carbonyl (C=O) groups excluding carboxylic acids is 1. The first kappa shape index (κ1) is 18.5. The average Bonchev–Trinajstić information content (AvgIpc) is 2.94. The molecule has 0 radical (unpaired) electrons. The number of fused-ring (bicyclic) bond motifs is 5. The molecule has 0 saturated heterocycles. The van der Waals surface area contributed by atoms with Gasteiger partial charge in [0.15, 0.2) is 0 Å². The Hall–Kier alpha value is -0.880. The first-order valence-electron chi connectivity index (χ1n) is 11.0. The minimum absolute atomic E-state index is 0.0665. The van der Waals surface area contributed by atoms with Gasteiger partial charge in [-0.2, -0.15) is 5.26 Å². The molecule has 0 spiro atoms. The third kappa shape index (κ3) is 2.59. The molecular weight excluding hydrogens is 322 g/mol. The minimum atomic E-state index is -0.0665. The van der Waals surface area contributed by atoms with Crippen molar-refractivity contribution in [2.75, 3.05) is 6.61 Å². The molecule has 0 aromatic carbocycles. The molecule has 144 valence electrons. The molecule has 4 rings (SSSR count). The largest absolute Gasteiger partial charge is 0.378 e. The Labute approximate surface area is 158 Å². The monoisotopic (exact) mass is 357 g/mol.